The molecule has 6 nitrogen and oxygen atoms in total. The molecule has 2 heterocycles. The molecule has 0 fully saturated rings. The van der Waals surface area contributed by atoms with Crippen LogP contribution in [0.4, 0.5) is 17.6 Å². The molecule has 0 radical (unpaired) electrons. The molecule has 0 aliphatic heterocycles. The van der Waals surface area contributed by atoms with Gasteiger partial charge in [-0.2, -0.15) is 18.3 Å². The fourth-order valence-corrected chi connectivity index (χ4v) is 3.18. The van der Waals surface area contributed by atoms with Crippen molar-refractivity contribution in [3.63, 3.8) is 0 Å². The third-order valence-corrected chi connectivity index (χ3v) is 4.73. The Bertz CT molecular complexity index is 968. The fraction of sp³-hybridized carbons (Fsp3) is 0.278. The molecule has 0 saturated heterocycles. The molecule has 162 valence electrons. The van der Waals surface area contributed by atoms with Gasteiger partial charge in [0.2, 0.25) is 0 Å². The van der Waals surface area contributed by atoms with E-state index in [2.05, 4.69) is 25.7 Å². The van der Waals surface area contributed by atoms with E-state index in [1.807, 2.05) is 6.07 Å². The van der Waals surface area contributed by atoms with E-state index in [1.165, 1.54) is 12.1 Å². The van der Waals surface area contributed by atoms with Crippen molar-refractivity contribution in [3.8, 4) is 5.69 Å². The Morgan fingerprint density at radius 3 is 2.53 bits per heavy atom. The van der Waals surface area contributed by atoms with Gasteiger partial charge in [-0.1, -0.05) is 0 Å². The Balaban J connectivity index is 0.00000320. The molecule has 30 heavy (non-hydrogen) atoms. The highest BCUT2D eigenvalue weighted by Crippen LogP contribution is 2.29. The first kappa shape index (κ1) is 24.1. The molecule has 0 atom stereocenters. The van der Waals surface area contributed by atoms with Gasteiger partial charge < -0.3 is 10.6 Å². The maximum atomic E-state index is 13.0. The molecule has 0 aliphatic carbocycles. The lowest BCUT2D eigenvalue weighted by molar-refractivity contribution is -0.140. The van der Waals surface area contributed by atoms with Crippen LogP contribution in [-0.4, -0.2) is 34.3 Å². The number of aromatic nitrogens is 3. The average Bonchev–Trinajstić information content (AvgIpc) is 3.34. The Labute approximate surface area is 191 Å². The van der Waals surface area contributed by atoms with Gasteiger partial charge in [-0.25, -0.2) is 14.1 Å². The quantitative estimate of drug-likeness (QED) is 0.209. The maximum Gasteiger partial charge on any atom is 0.434 e. The fourth-order valence-electron chi connectivity index (χ4n) is 2.44. The summed E-state index contributed by atoms with van der Waals surface area (Å²) in [6, 6.07) is 7.87. The van der Waals surface area contributed by atoms with Gasteiger partial charge in [-0.3, -0.25) is 4.99 Å². The zero-order valence-electron chi connectivity index (χ0n) is 15.8. The third-order valence-electron chi connectivity index (χ3n) is 3.88. The van der Waals surface area contributed by atoms with Crippen molar-refractivity contribution in [1.82, 2.24) is 25.4 Å². The lowest BCUT2D eigenvalue weighted by Gasteiger charge is -2.10. The second kappa shape index (κ2) is 10.7. The van der Waals surface area contributed by atoms with E-state index in [0.717, 1.165) is 28.1 Å². The predicted molar refractivity (Wildman–Crippen MR) is 118 cm³/mol. The van der Waals surface area contributed by atoms with Crippen LogP contribution < -0.4 is 10.6 Å². The lowest BCUT2D eigenvalue weighted by Crippen LogP contribution is -2.37. The minimum Gasteiger partial charge on any atom is -0.356 e. The van der Waals surface area contributed by atoms with E-state index < -0.39 is 11.9 Å². The summed E-state index contributed by atoms with van der Waals surface area (Å²) in [5, 5.41) is 11.7. The van der Waals surface area contributed by atoms with Gasteiger partial charge in [-0.05, 0) is 30.3 Å². The first-order valence-electron chi connectivity index (χ1n) is 8.62. The largest absolute Gasteiger partial charge is 0.434 e. The topological polar surface area (TPSA) is 67.1 Å². The summed E-state index contributed by atoms with van der Waals surface area (Å²) in [6.45, 7) is 0.658. The summed E-state index contributed by atoms with van der Waals surface area (Å²) in [7, 11) is 1.57. The minimum atomic E-state index is -4.44. The van der Waals surface area contributed by atoms with Crippen molar-refractivity contribution in [3.05, 3.63) is 64.1 Å². The first-order chi connectivity index (χ1) is 13.8. The minimum absolute atomic E-state index is 0. The van der Waals surface area contributed by atoms with Crippen LogP contribution in [0.2, 0.25) is 0 Å². The van der Waals surface area contributed by atoms with Crippen LogP contribution in [0, 0.1) is 5.82 Å². The molecular formula is C18H19F4IN6S. The molecule has 0 unspecified atom stereocenters. The van der Waals surface area contributed by atoms with Crippen molar-refractivity contribution in [2.45, 2.75) is 19.1 Å². The van der Waals surface area contributed by atoms with Gasteiger partial charge in [0.25, 0.3) is 0 Å². The predicted octanol–water partition coefficient (Wildman–Crippen LogP) is 4.01. The molecule has 0 aliphatic rings. The highest BCUT2D eigenvalue weighted by atomic mass is 127. The van der Waals surface area contributed by atoms with Crippen molar-refractivity contribution in [2.24, 2.45) is 4.99 Å². The van der Waals surface area contributed by atoms with Crippen molar-refractivity contribution in [2.75, 3.05) is 13.6 Å². The van der Waals surface area contributed by atoms with E-state index in [0.29, 0.717) is 23.9 Å². The number of alkyl halides is 3. The van der Waals surface area contributed by atoms with Crippen LogP contribution in [0.1, 0.15) is 16.4 Å². The smallest absolute Gasteiger partial charge is 0.356 e. The van der Waals surface area contributed by atoms with Crippen LogP contribution in [-0.2, 0) is 19.1 Å². The van der Waals surface area contributed by atoms with E-state index >= 15 is 0 Å². The van der Waals surface area contributed by atoms with Crippen molar-refractivity contribution >= 4 is 41.3 Å². The van der Waals surface area contributed by atoms with Crippen LogP contribution in [0.3, 0.4) is 0 Å². The van der Waals surface area contributed by atoms with Crippen LogP contribution in [0.15, 0.2) is 46.9 Å². The number of guanidine groups is 1. The molecule has 2 N–H and O–H groups in total. The SMILES string of the molecule is CN=C(NCCc1ccn(-c2ccc(F)cc2)n1)NCc1nc(C(F)(F)F)cs1.I. The summed E-state index contributed by atoms with van der Waals surface area (Å²) in [5.41, 5.74) is 0.691. The summed E-state index contributed by atoms with van der Waals surface area (Å²) >= 11 is 0.939. The second-order valence-corrected chi connectivity index (χ2v) is 6.90. The Morgan fingerprint density at radius 2 is 1.90 bits per heavy atom. The monoisotopic (exact) mass is 554 g/mol. The maximum absolute atomic E-state index is 13.0. The normalized spacial score (nSPS) is 11.8. The highest BCUT2D eigenvalue weighted by Gasteiger charge is 2.33. The standard InChI is InChI=1S/C18H18F4N6S.HI/c1-23-17(25-10-16-26-15(11-29-16)18(20,21)22)24-8-6-13-7-9-28(27-13)14-4-2-12(19)3-5-14;/h2-5,7,9,11H,6,8,10H2,1H3,(H2,23,24,25);1H. The van der Waals surface area contributed by atoms with Gasteiger partial charge in [0, 0.05) is 31.6 Å². The molecule has 2 aromatic heterocycles. The van der Waals surface area contributed by atoms with Crippen LogP contribution in [0.25, 0.3) is 5.69 Å². The van der Waals surface area contributed by atoms with Crippen LogP contribution in [0.5, 0.6) is 0 Å². The lowest BCUT2D eigenvalue weighted by atomic mass is 10.3. The number of nitrogens with zero attached hydrogens (tertiary/aromatic N) is 4. The van der Waals surface area contributed by atoms with E-state index in [4.69, 9.17) is 0 Å². The summed E-state index contributed by atoms with van der Waals surface area (Å²) < 4.78 is 52.4. The van der Waals surface area contributed by atoms with Crippen molar-refractivity contribution in [1.29, 1.82) is 0 Å². The molecule has 0 bridgehead atoms. The molecular weight excluding hydrogens is 535 g/mol. The number of hydrogen-bond acceptors (Lipinski definition) is 4. The zero-order valence-corrected chi connectivity index (χ0v) is 18.9. The highest BCUT2D eigenvalue weighted by molar-refractivity contribution is 14.0. The average molecular weight is 554 g/mol. The number of aliphatic imine (C=N–C) groups is 1. The Hall–Kier alpha value is -2.22. The number of thiazole rings is 1. The third kappa shape index (κ3) is 6.65. The van der Waals surface area contributed by atoms with Crippen molar-refractivity contribution < 1.29 is 17.6 Å². The van der Waals surface area contributed by atoms with Gasteiger partial charge >= 0.3 is 6.18 Å². The number of halogens is 5. The molecule has 3 aromatic rings. The summed E-state index contributed by atoms with van der Waals surface area (Å²) in [4.78, 5) is 7.60. The van der Waals surface area contributed by atoms with Gasteiger partial charge in [0.15, 0.2) is 11.7 Å². The second-order valence-electron chi connectivity index (χ2n) is 5.95. The zero-order chi connectivity index (χ0) is 20.9. The van der Waals surface area contributed by atoms with Gasteiger partial charge in [0.05, 0.1) is 17.9 Å². The van der Waals surface area contributed by atoms with E-state index in [-0.39, 0.29) is 36.3 Å². The summed E-state index contributed by atoms with van der Waals surface area (Å²) in [6.07, 6.45) is -2.05. The van der Waals surface area contributed by atoms with Crippen LogP contribution >= 0.6 is 35.3 Å². The number of rotatable bonds is 6. The molecule has 1 aromatic carbocycles. The molecule has 0 saturated carbocycles. The first-order valence-corrected chi connectivity index (χ1v) is 9.50. The number of nitrogens with one attached hydrogen (secondary N) is 2. The number of benzene rings is 1. The molecule has 3 rings (SSSR count). The van der Waals surface area contributed by atoms with E-state index in [9.17, 15) is 17.6 Å². The molecule has 12 heteroatoms. The molecule has 0 amide bonds. The Morgan fingerprint density at radius 1 is 1.17 bits per heavy atom. The Kier molecular flexibility index (Phi) is 8.58. The van der Waals surface area contributed by atoms with Gasteiger partial charge in [0.1, 0.15) is 10.8 Å². The summed E-state index contributed by atoms with van der Waals surface area (Å²) in [5.74, 6) is 0.142. The van der Waals surface area contributed by atoms with E-state index in [1.54, 1.807) is 30.1 Å². The van der Waals surface area contributed by atoms with Gasteiger partial charge in [-0.15, -0.1) is 35.3 Å². The number of hydrogen-bond donors (Lipinski definition) is 2. The molecule has 0 spiro atoms.